The number of rotatable bonds is 9. The molecule has 0 bridgehead atoms. The van der Waals surface area contributed by atoms with Crippen molar-refractivity contribution in [3.63, 3.8) is 0 Å². The van der Waals surface area contributed by atoms with E-state index in [1.165, 1.54) is 18.3 Å². The number of nitro benzene ring substituents is 1. The molecule has 0 spiro atoms. The molecule has 1 rings (SSSR count). The number of amides is 1. The van der Waals surface area contributed by atoms with Crippen LogP contribution in [0.1, 0.15) is 13.3 Å². The Morgan fingerprint density at radius 1 is 1.54 bits per heavy atom. The molecule has 1 aromatic carbocycles. The van der Waals surface area contributed by atoms with Crippen LogP contribution in [0.25, 0.3) is 0 Å². The van der Waals surface area contributed by atoms with Crippen LogP contribution in [0.2, 0.25) is 5.02 Å². The minimum atomic E-state index is -0.675. The number of carbonyl (C=O) groups excluding carboxylic acids is 1. The van der Waals surface area contributed by atoms with Crippen molar-refractivity contribution in [1.29, 1.82) is 5.26 Å². The normalized spacial score (nSPS) is 10.8. The molecule has 128 valence electrons. The number of hydrogen-bond acceptors (Lipinski definition) is 6. The van der Waals surface area contributed by atoms with E-state index in [4.69, 9.17) is 21.6 Å². The summed E-state index contributed by atoms with van der Waals surface area (Å²) in [6.45, 7) is 3.66. The van der Waals surface area contributed by atoms with Gasteiger partial charge in [-0.25, -0.2) is 0 Å². The molecule has 9 heteroatoms. The molecule has 1 aromatic rings. The number of nitro groups is 1. The maximum atomic E-state index is 12.0. The fraction of sp³-hybridized carbons (Fsp3) is 0.333. The minimum absolute atomic E-state index is 0.0370. The number of benzene rings is 1. The topological polar surface area (TPSA) is 117 Å². The summed E-state index contributed by atoms with van der Waals surface area (Å²) in [5, 5.41) is 25.1. The Labute approximate surface area is 144 Å². The van der Waals surface area contributed by atoms with Crippen molar-refractivity contribution in [2.24, 2.45) is 0 Å². The zero-order valence-electron chi connectivity index (χ0n) is 13.0. The average Bonchev–Trinajstić information content (AvgIpc) is 2.55. The molecular formula is C15H17ClN4O4. The molecule has 1 amide bonds. The van der Waals surface area contributed by atoms with E-state index in [2.05, 4.69) is 10.6 Å². The van der Waals surface area contributed by atoms with Gasteiger partial charge in [-0.2, -0.15) is 5.26 Å². The number of nitrogens with one attached hydrogen (secondary N) is 2. The van der Waals surface area contributed by atoms with Gasteiger partial charge in [-0.15, -0.1) is 0 Å². The van der Waals surface area contributed by atoms with Crippen LogP contribution in [-0.2, 0) is 9.53 Å². The second-order valence-corrected chi connectivity index (χ2v) is 4.96. The summed E-state index contributed by atoms with van der Waals surface area (Å²) in [7, 11) is 0. The molecule has 0 aliphatic rings. The van der Waals surface area contributed by atoms with Crippen LogP contribution >= 0.6 is 11.6 Å². The summed E-state index contributed by atoms with van der Waals surface area (Å²) in [6.07, 6.45) is 2.03. The quantitative estimate of drug-likeness (QED) is 0.232. The number of halogens is 1. The third-order valence-corrected chi connectivity index (χ3v) is 3.15. The summed E-state index contributed by atoms with van der Waals surface area (Å²) in [6, 6.07) is 5.62. The van der Waals surface area contributed by atoms with Crippen LogP contribution in [0.5, 0.6) is 0 Å². The Kier molecular flexibility index (Phi) is 8.25. The molecule has 0 aliphatic carbocycles. The van der Waals surface area contributed by atoms with Gasteiger partial charge in [0.15, 0.2) is 0 Å². The monoisotopic (exact) mass is 352 g/mol. The SMILES string of the molecule is CCOCCCN/C=C(/C#N)C(=O)Nc1ccc(Cl)c([N+](=O)[O-])c1. The first-order valence-electron chi connectivity index (χ1n) is 7.16. The Hall–Kier alpha value is -2.63. The molecule has 0 saturated heterocycles. The standard InChI is InChI=1S/C15H17ClN4O4/c1-2-24-7-3-6-18-10-11(9-17)15(21)19-12-4-5-13(16)14(8-12)20(22)23/h4-5,8,10,18H,2-3,6-7H2,1H3,(H,19,21)/b11-10-. The lowest BCUT2D eigenvalue weighted by Crippen LogP contribution is -2.18. The summed E-state index contributed by atoms with van der Waals surface area (Å²) in [4.78, 5) is 22.2. The van der Waals surface area contributed by atoms with Gasteiger partial charge in [0.05, 0.1) is 4.92 Å². The van der Waals surface area contributed by atoms with Crippen LogP contribution in [0, 0.1) is 21.4 Å². The lowest BCUT2D eigenvalue weighted by molar-refractivity contribution is -0.384. The largest absolute Gasteiger partial charge is 0.390 e. The molecule has 0 unspecified atom stereocenters. The van der Waals surface area contributed by atoms with Gasteiger partial charge in [-0.1, -0.05) is 11.6 Å². The van der Waals surface area contributed by atoms with Crippen molar-refractivity contribution in [2.45, 2.75) is 13.3 Å². The number of carbonyl (C=O) groups is 1. The van der Waals surface area contributed by atoms with Crippen LogP contribution < -0.4 is 10.6 Å². The second kappa shape index (κ2) is 10.2. The maximum Gasteiger partial charge on any atom is 0.289 e. The molecule has 0 radical (unpaired) electrons. The van der Waals surface area contributed by atoms with E-state index in [0.717, 1.165) is 12.5 Å². The van der Waals surface area contributed by atoms with E-state index >= 15 is 0 Å². The third-order valence-electron chi connectivity index (χ3n) is 2.83. The molecular weight excluding hydrogens is 336 g/mol. The molecule has 2 N–H and O–H groups in total. The van der Waals surface area contributed by atoms with Gasteiger partial charge in [0, 0.05) is 37.7 Å². The van der Waals surface area contributed by atoms with Gasteiger partial charge in [0.2, 0.25) is 0 Å². The number of nitriles is 1. The fourth-order valence-electron chi connectivity index (χ4n) is 1.67. The minimum Gasteiger partial charge on any atom is -0.390 e. The van der Waals surface area contributed by atoms with Crippen molar-refractivity contribution in [3.05, 3.63) is 45.1 Å². The second-order valence-electron chi connectivity index (χ2n) is 4.55. The first kappa shape index (κ1) is 19.4. The molecule has 8 nitrogen and oxygen atoms in total. The van der Waals surface area contributed by atoms with Crippen molar-refractivity contribution in [2.75, 3.05) is 25.1 Å². The van der Waals surface area contributed by atoms with Crippen LogP contribution in [-0.4, -0.2) is 30.6 Å². The van der Waals surface area contributed by atoms with E-state index in [1.54, 1.807) is 6.07 Å². The maximum absolute atomic E-state index is 12.0. The lowest BCUT2D eigenvalue weighted by atomic mass is 10.2. The smallest absolute Gasteiger partial charge is 0.289 e. The number of hydrogen-bond donors (Lipinski definition) is 2. The molecule has 0 fully saturated rings. The lowest BCUT2D eigenvalue weighted by Gasteiger charge is -2.06. The Bertz CT molecular complexity index is 670. The highest BCUT2D eigenvalue weighted by Gasteiger charge is 2.15. The summed E-state index contributed by atoms with van der Waals surface area (Å²) in [5.74, 6) is -0.675. The van der Waals surface area contributed by atoms with Crippen LogP contribution in [0.3, 0.4) is 0 Å². The zero-order valence-corrected chi connectivity index (χ0v) is 13.8. The summed E-state index contributed by atoms with van der Waals surface area (Å²) < 4.78 is 5.16. The highest BCUT2D eigenvalue weighted by molar-refractivity contribution is 6.32. The Balaban J connectivity index is 2.66. The first-order valence-corrected chi connectivity index (χ1v) is 7.54. The zero-order chi connectivity index (χ0) is 17.9. The van der Waals surface area contributed by atoms with Gasteiger partial charge >= 0.3 is 0 Å². The number of anilines is 1. The van der Waals surface area contributed by atoms with Crippen LogP contribution in [0.15, 0.2) is 30.0 Å². The van der Waals surface area contributed by atoms with E-state index in [0.29, 0.717) is 19.8 Å². The van der Waals surface area contributed by atoms with Crippen molar-refractivity contribution in [3.8, 4) is 6.07 Å². The highest BCUT2D eigenvalue weighted by Crippen LogP contribution is 2.27. The van der Waals surface area contributed by atoms with Gasteiger partial charge < -0.3 is 15.4 Å². The Morgan fingerprint density at radius 2 is 2.29 bits per heavy atom. The van der Waals surface area contributed by atoms with Gasteiger partial charge in [-0.3, -0.25) is 14.9 Å². The summed E-state index contributed by atoms with van der Waals surface area (Å²) in [5.41, 5.74) is -0.302. The summed E-state index contributed by atoms with van der Waals surface area (Å²) >= 11 is 5.70. The number of nitrogens with zero attached hydrogens (tertiary/aromatic N) is 2. The predicted molar refractivity (Wildman–Crippen MR) is 89.5 cm³/mol. The van der Waals surface area contributed by atoms with Gasteiger partial charge in [0.25, 0.3) is 11.6 Å². The molecule has 0 aromatic heterocycles. The van der Waals surface area contributed by atoms with Crippen molar-refractivity contribution in [1.82, 2.24) is 5.32 Å². The molecule has 0 heterocycles. The van der Waals surface area contributed by atoms with E-state index in [1.807, 2.05) is 6.92 Å². The van der Waals surface area contributed by atoms with Crippen LogP contribution in [0.4, 0.5) is 11.4 Å². The molecule has 0 atom stereocenters. The van der Waals surface area contributed by atoms with E-state index in [9.17, 15) is 14.9 Å². The Morgan fingerprint density at radius 3 is 2.92 bits per heavy atom. The van der Waals surface area contributed by atoms with Crippen molar-refractivity contribution < 1.29 is 14.5 Å². The molecule has 0 saturated carbocycles. The molecule has 0 aliphatic heterocycles. The predicted octanol–water partition coefficient (Wildman–Crippen LogP) is 2.61. The van der Waals surface area contributed by atoms with E-state index < -0.39 is 10.8 Å². The third kappa shape index (κ3) is 6.24. The average molecular weight is 353 g/mol. The van der Waals surface area contributed by atoms with Gasteiger partial charge in [-0.05, 0) is 25.5 Å². The fourth-order valence-corrected chi connectivity index (χ4v) is 1.86. The number of ether oxygens (including phenoxy) is 1. The van der Waals surface area contributed by atoms with Crippen molar-refractivity contribution >= 4 is 28.9 Å². The highest BCUT2D eigenvalue weighted by atomic mass is 35.5. The van der Waals surface area contributed by atoms with E-state index in [-0.39, 0.29) is 22.0 Å². The first-order chi connectivity index (χ1) is 11.5. The molecule has 24 heavy (non-hydrogen) atoms. The van der Waals surface area contributed by atoms with Gasteiger partial charge in [0.1, 0.15) is 16.7 Å².